The van der Waals surface area contributed by atoms with E-state index in [9.17, 15) is 14.4 Å². The first-order valence-electron chi connectivity index (χ1n) is 5.30. The molecule has 96 valence electrons. The monoisotopic (exact) mass is 242 g/mol. The summed E-state index contributed by atoms with van der Waals surface area (Å²) in [6, 6.07) is 0. The molecule has 3 N–H and O–H groups in total. The molecule has 0 aromatic rings. The van der Waals surface area contributed by atoms with Crippen LogP contribution in [0.2, 0.25) is 0 Å². The van der Waals surface area contributed by atoms with Crippen molar-refractivity contribution in [2.24, 2.45) is 11.3 Å². The fraction of sp³-hybridized carbons (Fsp3) is 0.700. The summed E-state index contributed by atoms with van der Waals surface area (Å²) in [7, 11) is 1.58. The number of carbonyl (C=O) groups excluding carboxylic acids is 3. The zero-order chi connectivity index (χ0) is 13.2. The molecule has 0 unspecified atom stereocenters. The molecule has 0 saturated carbocycles. The SMILES string of the molecule is CN1CC(=O)N(CC(C)(C)C(=O)NN)CC1=O. The van der Waals surface area contributed by atoms with Crippen molar-refractivity contribution >= 4 is 17.7 Å². The summed E-state index contributed by atoms with van der Waals surface area (Å²) in [6.45, 7) is 3.58. The van der Waals surface area contributed by atoms with Crippen molar-refractivity contribution in [3.05, 3.63) is 0 Å². The Balaban J connectivity index is 2.71. The fourth-order valence-corrected chi connectivity index (χ4v) is 1.65. The molecule has 1 heterocycles. The average molecular weight is 242 g/mol. The van der Waals surface area contributed by atoms with E-state index in [2.05, 4.69) is 5.43 Å². The topological polar surface area (TPSA) is 95.7 Å². The molecule has 1 aliphatic heterocycles. The van der Waals surface area contributed by atoms with Crippen LogP contribution in [0.25, 0.3) is 0 Å². The Hall–Kier alpha value is -1.63. The predicted molar refractivity (Wildman–Crippen MR) is 60.3 cm³/mol. The molecule has 7 heteroatoms. The number of amides is 3. The van der Waals surface area contributed by atoms with Crippen molar-refractivity contribution in [1.29, 1.82) is 0 Å². The van der Waals surface area contributed by atoms with Gasteiger partial charge < -0.3 is 9.80 Å². The molecule has 17 heavy (non-hydrogen) atoms. The molecule has 1 rings (SSSR count). The summed E-state index contributed by atoms with van der Waals surface area (Å²) >= 11 is 0. The Morgan fingerprint density at radius 2 is 1.94 bits per heavy atom. The van der Waals surface area contributed by atoms with E-state index in [0.717, 1.165) is 0 Å². The number of hydrogen-bond acceptors (Lipinski definition) is 4. The summed E-state index contributed by atoms with van der Waals surface area (Å²) in [5, 5.41) is 0. The van der Waals surface area contributed by atoms with E-state index in [1.165, 1.54) is 9.80 Å². The van der Waals surface area contributed by atoms with Gasteiger partial charge in [-0.25, -0.2) is 5.84 Å². The Labute approximate surface area is 99.9 Å². The third-order valence-electron chi connectivity index (χ3n) is 2.81. The minimum Gasteiger partial charge on any atom is -0.335 e. The Kier molecular flexibility index (Phi) is 3.72. The maximum atomic E-state index is 11.7. The van der Waals surface area contributed by atoms with Gasteiger partial charge in [-0.3, -0.25) is 19.8 Å². The van der Waals surface area contributed by atoms with Crippen LogP contribution in [0.4, 0.5) is 0 Å². The van der Waals surface area contributed by atoms with Gasteiger partial charge in [-0.15, -0.1) is 0 Å². The molecule has 0 bridgehead atoms. The molecule has 0 aromatic carbocycles. The van der Waals surface area contributed by atoms with Gasteiger partial charge in [0, 0.05) is 13.6 Å². The molecule has 0 radical (unpaired) electrons. The first-order chi connectivity index (χ1) is 7.77. The van der Waals surface area contributed by atoms with Crippen LogP contribution < -0.4 is 11.3 Å². The number of hydrazine groups is 1. The largest absolute Gasteiger partial charge is 0.335 e. The second-order valence-electron chi connectivity index (χ2n) is 4.86. The zero-order valence-electron chi connectivity index (χ0n) is 10.3. The molecule has 1 saturated heterocycles. The smallest absolute Gasteiger partial charge is 0.242 e. The van der Waals surface area contributed by atoms with Crippen LogP contribution in [-0.2, 0) is 14.4 Å². The lowest BCUT2D eigenvalue weighted by Gasteiger charge is -2.36. The molecule has 0 atom stereocenters. The van der Waals surface area contributed by atoms with E-state index < -0.39 is 5.41 Å². The lowest BCUT2D eigenvalue weighted by molar-refractivity contribution is -0.151. The molecule has 1 aliphatic rings. The van der Waals surface area contributed by atoms with Crippen molar-refractivity contribution < 1.29 is 14.4 Å². The minimum absolute atomic E-state index is 0.0105. The molecular formula is C10H18N4O3. The van der Waals surface area contributed by atoms with E-state index in [-0.39, 0.29) is 37.4 Å². The van der Waals surface area contributed by atoms with Gasteiger partial charge in [0.05, 0.1) is 18.5 Å². The van der Waals surface area contributed by atoms with Crippen LogP contribution in [0.1, 0.15) is 13.8 Å². The van der Waals surface area contributed by atoms with Crippen molar-refractivity contribution in [1.82, 2.24) is 15.2 Å². The molecule has 0 aliphatic carbocycles. The van der Waals surface area contributed by atoms with Crippen LogP contribution in [0.5, 0.6) is 0 Å². The van der Waals surface area contributed by atoms with E-state index in [1.54, 1.807) is 20.9 Å². The first kappa shape index (κ1) is 13.4. The second kappa shape index (κ2) is 4.70. The van der Waals surface area contributed by atoms with Gasteiger partial charge in [-0.2, -0.15) is 0 Å². The number of nitrogens with zero attached hydrogens (tertiary/aromatic N) is 2. The van der Waals surface area contributed by atoms with Crippen LogP contribution >= 0.6 is 0 Å². The minimum atomic E-state index is -0.819. The quantitative estimate of drug-likeness (QED) is 0.350. The predicted octanol–water partition coefficient (Wildman–Crippen LogP) is -1.70. The van der Waals surface area contributed by atoms with Gasteiger partial charge in [0.1, 0.15) is 0 Å². The van der Waals surface area contributed by atoms with Crippen LogP contribution in [0.3, 0.4) is 0 Å². The number of likely N-dealkylation sites (N-methyl/N-ethyl adjacent to an activating group) is 1. The fourth-order valence-electron chi connectivity index (χ4n) is 1.65. The number of piperazine rings is 1. The van der Waals surface area contributed by atoms with E-state index in [0.29, 0.717) is 0 Å². The van der Waals surface area contributed by atoms with Crippen LogP contribution in [0.15, 0.2) is 0 Å². The zero-order valence-corrected chi connectivity index (χ0v) is 10.3. The standard InChI is InChI=1S/C10H18N4O3/c1-10(2,9(17)12-11)6-14-5-7(15)13(3)4-8(14)16/h4-6,11H2,1-3H3,(H,12,17). The molecule has 0 spiro atoms. The highest BCUT2D eigenvalue weighted by Crippen LogP contribution is 2.18. The second-order valence-corrected chi connectivity index (χ2v) is 4.86. The first-order valence-corrected chi connectivity index (χ1v) is 5.30. The van der Waals surface area contributed by atoms with E-state index in [1.807, 2.05) is 0 Å². The summed E-state index contributed by atoms with van der Waals surface area (Å²) in [5.74, 6) is 4.41. The molecular weight excluding hydrogens is 224 g/mol. The maximum Gasteiger partial charge on any atom is 0.242 e. The third kappa shape index (κ3) is 2.94. The summed E-state index contributed by atoms with van der Waals surface area (Å²) in [6.07, 6.45) is 0. The number of hydrogen-bond donors (Lipinski definition) is 2. The summed E-state index contributed by atoms with van der Waals surface area (Å²) in [5.41, 5.74) is 1.24. The van der Waals surface area contributed by atoms with Crippen molar-refractivity contribution in [2.75, 3.05) is 26.7 Å². The number of nitrogens with one attached hydrogen (secondary N) is 1. The highest BCUT2D eigenvalue weighted by Gasteiger charge is 2.35. The lowest BCUT2D eigenvalue weighted by atomic mass is 9.91. The molecule has 3 amide bonds. The van der Waals surface area contributed by atoms with Gasteiger partial charge in [0.2, 0.25) is 17.7 Å². The third-order valence-corrected chi connectivity index (χ3v) is 2.81. The Bertz CT molecular complexity index is 353. The average Bonchev–Trinajstić information content (AvgIpc) is 2.24. The van der Waals surface area contributed by atoms with Crippen molar-refractivity contribution in [3.63, 3.8) is 0 Å². The molecule has 0 aromatic heterocycles. The van der Waals surface area contributed by atoms with Gasteiger partial charge in [0.15, 0.2) is 0 Å². The Morgan fingerprint density at radius 3 is 2.47 bits per heavy atom. The van der Waals surface area contributed by atoms with E-state index >= 15 is 0 Å². The number of rotatable bonds is 3. The van der Waals surface area contributed by atoms with Gasteiger partial charge in [0.25, 0.3) is 0 Å². The Morgan fingerprint density at radius 1 is 1.35 bits per heavy atom. The van der Waals surface area contributed by atoms with Gasteiger partial charge in [-0.1, -0.05) is 0 Å². The summed E-state index contributed by atoms with van der Waals surface area (Å²) < 4.78 is 0. The van der Waals surface area contributed by atoms with Crippen LogP contribution in [0, 0.1) is 5.41 Å². The highest BCUT2D eigenvalue weighted by molar-refractivity contribution is 5.93. The number of nitrogens with two attached hydrogens (primary N) is 1. The highest BCUT2D eigenvalue weighted by atomic mass is 16.2. The number of carbonyl (C=O) groups is 3. The molecule has 7 nitrogen and oxygen atoms in total. The lowest BCUT2D eigenvalue weighted by Crippen LogP contribution is -2.56. The summed E-state index contributed by atoms with van der Waals surface area (Å²) in [4.78, 5) is 37.4. The van der Waals surface area contributed by atoms with Crippen LogP contribution in [-0.4, -0.2) is 54.2 Å². The van der Waals surface area contributed by atoms with Gasteiger partial charge >= 0.3 is 0 Å². The van der Waals surface area contributed by atoms with Crippen molar-refractivity contribution in [2.45, 2.75) is 13.8 Å². The normalized spacial score (nSPS) is 17.4. The molecule has 1 fully saturated rings. The van der Waals surface area contributed by atoms with E-state index in [4.69, 9.17) is 5.84 Å². The van der Waals surface area contributed by atoms with Gasteiger partial charge in [-0.05, 0) is 13.8 Å². The van der Waals surface area contributed by atoms with Crippen molar-refractivity contribution in [3.8, 4) is 0 Å². The maximum absolute atomic E-state index is 11.7.